The molecule has 0 saturated heterocycles. The van der Waals surface area contributed by atoms with Gasteiger partial charge in [0.1, 0.15) is 0 Å². The van der Waals surface area contributed by atoms with E-state index in [4.69, 9.17) is 0 Å². The molecule has 0 saturated carbocycles. The Labute approximate surface area is 160 Å². The molecule has 0 unspecified atom stereocenters. The number of alkyl halides is 3. The van der Waals surface area contributed by atoms with Gasteiger partial charge < -0.3 is 0 Å². The highest BCUT2D eigenvalue weighted by Crippen LogP contribution is 2.31. The molecule has 3 rings (SSSR count). The first-order valence-electron chi connectivity index (χ1n) is 8.11. The number of halogens is 3. The Morgan fingerprint density at radius 3 is 2.52 bits per heavy atom. The van der Waals surface area contributed by atoms with Crippen LogP contribution in [-0.4, -0.2) is 31.0 Å². The van der Waals surface area contributed by atoms with Gasteiger partial charge >= 0.3 is 6.18 Å². The first-order chi connectivity index (χ1) is 12.7. The van der Waals surface area contributed by atoms with E-state index in [0.717, 1.165) is 29.5 Å². The van der Waals surface area contributed by atoms with E-state index in [9.17, 15) is 21.6 Å². The summed E-state index contributed by atoms with van der Waals surface area (Å²) in [5, 5.41) is 0.299. The molecular weight excluding hydrogens is 397 g/mol. The molecule has 0 aromatic heterocycles. The van der Waals surface area contributed by atoms with E-state index >= 15 is 0 Å². The molecular formula is C18H17F3N2O2S2. The minimum absolute atomic E-state index is 0.169. The van der Waals surface area contributed by atoms with Crippen molar-refractivity contribution < 1.29 is 21.6 Å². The van der Waals surface area contributed by atoms with Crippen LogP contribution in [0.2, 0.25) is 0 Å². The zero-order chi connectivity index (χ0) is 19.7. The Morgan fingerprint density at radius 2 is 1.85 bits per heavy atom. The molecule has 0 amide bonds. The summed E-state index contributed by atoms with van der Waals surface area (Å²) in [5.41, 5.74) is 0.679. The molecule has 27 heavy (non-hydrogen) atoms. The Bertz CT molecular complexity index is 955. The summed E-state index contributed by atoms with van der Waals surface area (Å²) in [6.07, 6.45) is -4.41. The third-order valence-corrected chi connectivity index (χ3v) is 7.00. The second-order valence-corrected chi connectivity index (χ2v) is 8.85. The molecule has 0 N–H and O–H groups in total. The first-order valence-corrected chi connectivity index (χ1v) is 10.5. The zero-order valence-corrected chi connectivity index (χ0v) is 16.0. The quantitative estimate of drug-likeness (QED) is 0.749. The smallest absolute Gasteiger partial charge is 0.260 e. The highest BCUT2D eigenvalue weighted by Gasteiger charge is 2.32. The van der Waals surface area contributed by atoms with Crippen LogP contribution in [0.3, 0.4) is 0 Å². The van der Waals surface area contributed by atoms with Crippen LogP contribution in [0.4, 0.5) is 13.2 Å². The van der Waals surface area contributed by atoms with Gasteiger partial charge in [-0.25, -0.2) is 12.7 Å². The molecule has 144 valence electrons. The number of hydrogen-bond acceptors (Lipinski definition) is 4. The fourth-order valence-electron chi connectivity index (χ4n) is 2.57. The summed E-state index contributed by atoms with van der Waals surface area (Å²) in [6, 6.07) is 11.5. The molecule has 2 aromatic rings. The fraction of sp³-hybridized carbons (Fsp3) is 0.278. The molecule has 0 fully saturated rings. The number of thioether (sulfide) groups is 1. The molecule has 9 heteroatoms. The first kappa shape index (κ1) is 19.8. The van der Waals surface area contributed by atoms with E-state index < -0.39 is 21.8 Å². The molecule has 0 radical (unpaired) electrons. The van der Waals surface area contributed by atoms with Gasteiger partial charge in [0.2, 0.25) is 0 Å². The van der Waals surface area contributed by atoms with E-state index in [1.54, 1.807) is 18.2 Å². The Balaban J connectivity index is 1.75. The van der Waals surface area contributed by atoms with E-state index in [1.807, 2.05) is 6.92 Å². The number of nitrogens with zero attached hydrogens (tertiary/aromatic N) is 2. The SMILES string of the molecule is Cc1ccc(S(=O)(=O)N2CCN=C2SCc2cccc(C(F)(F)F)c2)cc1. The summed E-state index contributed by atoms with van der Waals surface area (Å²) in [7, 11) is -3.74. The summed E-state index contributed by atoms with van der Waals surface area (Å²) >= 11 is 1.12. The fourth-order valence-corrected chi connectivity index (χ4v) is 5.24. The average molecular weight is 414 g/mol. The molecule has 2 aromatic carbocycles. The van der Waals surface area contributed by atoms with Crippen molar-refractivity contribution in [2.75, 3.05) is 13.1 Å². The van der Waals surface area contributed by atoms with Crippen LogP contribution in [0.25, 0.3) is 0 Å². The largest absolute Gasteiger partial charge is 0.416 e. The molecule has 0 aliphatic carbocycles. The van der Waals surface area contributed by atoms with E-state index in [-0.39, 0.29) is 17.2 Å². The zero-order valence-electron chi connectivity index (χ0n) is 14.4. The number of rotatable bonds is 4. The average Bonchev–Trinajstić information content (AvgIpc) is 3.09. The summed E-state index contributed by atoms with van der Waals surface area (Å²) in [6.45, 7) is 2.42. The van der Waals surface area contributed by atoms with Gasteiger partial charge in [-0.2, -0.15) is 13.2 Å². The second kappa shape index (κ2) is 7.55. The van der Waals surface area contributed by atoms with Crippen LogP contribution in [-0.2, 0) is 22.0 Å². The summed E-state index contributed by atoms with van der Waals surface area (Å²) in [4.78, 5) is 4.39. The van der Waals surface area contributed by atoms with Gasteiger partial charge in [-0.1, -0.05) is 47.7 Å². The molecule has 1 aliphatic heterocycles. The van der Waals surface area contributed by atoms with Crippen LogP contribution in [0.1, 0.15) is 16.7 Å². The second-order valence-electron chi connectivity index (χ2n) is 6.04. The minimum Gasteiger partial charge on any atom is -0.260 e. The lowest BCUT2D eigenvalue weighted by Gasteiger charge is -2.20. The van der Waals surface area contributed by atoms with Crippen LogP contribution < -0.4 is 0 Å². The maximum Gasteiger partial charge on any atom is 0.416 e. The Kier molecular flexibility index (Phi) is 5.53. The molecule has 4 nitrogen and oxygen atoms in total. The van der Waals surface area contributed by atoms with Gasteiger partial charge in [0.15, 0.2) is 5.17 Å². The predicted molar refractivity (Wildman–Crippen MR) is 100 cm³/mol. The van der Waals surface area contributed by atoms with E-state index in [0.29, 0.717) is 17.3 Å². The van der Waals surface area contributed by atoms with Crippen LogP contribution in [0.15, 0.2) is 58.4 Å². The molecule has 1 heterocycles. The number of aliphatic imine (C=N–C) groups is 1. The topological polar surface area (TPSA) is 49.7 Å². The number of amidine groups is 1. The normalized spacial score (nSPS) is 15.1. The third-order valence-electron chi connectivity index (χ3n) is 3.99. The summed E-state index contributed by atoms with van der Waals surface area (Å²) in [5.74, 6) is 0.197. The van der Waals surface area contributed by atoms with Crippen molar-refractivity contribution in [3.8, 4) is 0 Å². The lowest BCUT2D eigenvalue weighted by atomic mass is 10.1. The summed E-state index contributed by atoms with van der Waals surface area (Å²) < 4.78 is 65.4. The minimum atomic E-state index is -4.41. The molecule has 1 aliphatic rings. The van der Waals surface area contributed by atoms with Crippen LogP contribution >= 0.6 is 11.8 Å². The highest BCUT2D eigenvalue weighted by atomic mass is 32.2. The molecule has 0 bridgehead atoms. The van der Waals surface area contributed by atoms with Crippen molar-refractivity contribution >= 4 is 27.0 Å². The number of benzene rings is 2. The van der Waals surface area contributed by atoms with Crippen molar-refractivity contribution in [3.63, 3.8) is 0 Å². The lowest BCUT2D eigenvalue weighted by molar-refractivity contribution is -0.137. The Morgan fingerprint density at radius 1 is 1.15 bits per heavy atom. The number of sulfonamides is 1. The van der Waals surface area contributed by atoms with Gasteiger partial charge in [-0.3, -0.25) is 4.99 Å². The van der Waals surface area contributed by atoms with Crippen molar-refractivity contribution in [1.82, 2.24) is 4.31 Å². The predicted octanol–water partition coefficient (Wildman–Crippen LogP) is 4.31. The number of hydrogen-bond donors (Lipinski definition) is 0. The van der Waals surface area contributed by atoms with Crippen molar-refractivity contribution in [2.45, 2.75) is 23.7 Å². The third kappa shape index (κ3) is 4.47. The van der Waals surface area contributed by atoms with Crippen LogP contribution in [0, 0.1) is 6.92 Å². The van der Waals surface area contributed by atoms with Gasteiger partial charge in [0.25, 0.3) is 10.0 Å². The highest BCUT2D eigenvalue weighted by molar-refractivity contribution is 8.14. The van der Waals surface area contributed by atoms with Gasteiger partial charge in [0, 0.05) is 5.75 Å². The van der Waals surface area contributed by atoms with Gasteiger partial charge in [0.05, 0.1) is 23.5 Å². The monoisotopic (exact) mass is 414 g/mol. The van der Waals surface area contributed by atoms with E-state index in [1.165, 1.54) is 22.5 Å². The Hall–Kier alpha value is -2.00. The lowest BCUT2D eigenvalue weighted by Crippen LogP contribution is -2.32. The van der Waals surface area contributed by atoms with Crippen LogP contribution in [0.5, 0.6) is 0 Å². The molecule has 0 atom stereocenters. The maximum atomic E-state index is 12.8. The standard InChI is InChI=1S/C18H17F3N2O2S2/c1-13-5-7-16(8-6-13)27(24,25)23-10-9-22-17(23)26-12-14-3-2-4-15(11-14)18(19,20)21/h2-8,11H,9-10,12H2,1H3. The van der Waals surface area contributed by atoms with Crippen molar-refractivity contribution in [3.05, 3.63) is 65.2 Å². The van der Waals surface area contributed by atoms with E-state index in [2.05, 4.69) is 4.99 Å². The van der Waals surface area contributed by atoms with Crippen molar-refractivity contribution in [1.29, 1.82) is 0 Å². The van der Waals surface area contributed by atoms with Gasteiger partial charge in [-0.05, 0) is 30.7 Å². The maximum absolute atomic E-state index is 12.8. The van der Waals surface area contributed by atoms with Gasteiger partial charge in [-0.15, -0.1) is 0 Å². The molecule has 0 spiro atoms. The number of aryl methyl sites for hydroxylation is 1. The van der Waals surface area contributed by atoms with Crippen molar-refractivity contribution in [2.24, 2.45) is 4.99 Å².